The van der Waals surface area contributed by atoms with E-state index >= 15 is 0 Å². The molecule has 1 atom stereocenters. The molecule has 0 amide bonds. The van der Waals surface area contributed by atoms with Crippen molar-refractivity contribution >= 4 is 17.1 Å². The summed E-state index contributed by atoms with van der Waals surface area (Å²) >= 11 is 1.79. The molecular weight excluding hydrogens is 244 g/mol. The van der Waals surface area contributed by atoms with E-state index in [0.717, 1.165) is 19.5 Å². The molecule has 18 heavy (non-hydrogen) atoms. The van der Waals surface area contributed by atoms with E-state index in [1.807, 2.05) is 0 Å². The molecular formula is C14H20N2OS. The van der Waals surface area contributed by atoms with E-state index < -0.39 is 0 Å². The quantitative estimate of drug-likeness (QED) is 0.900. The molecule has 3 heterocycles. The molecule has 4 heteroatoms. The number of thiophene rings is 1. The van der Waals surface area contributed by atoms with Gasteiger partial charge in [0.05, 0.1) is 6.04 Å². The van der Waals surface area contributed by atoms with Crippen molar-refractivity contribution in [3.05, 3.63) is 21.9 Å². The van der Waals surface area contributed by atoms with Gasteiger partial charge >= 0.3 is 0 Å². The van der Waals surface area contributed by atoms with E-state index in [1.54, 1.807) is 11.3 Å². The van der Waals surface area contributed by atoms with Gasteiger partial charge in [0.25, 0.3) is 0 Å². The van der Waals surface area contributed by atoms with Gasteiger partial charge in [0.2, 0.25) is 0 Å². The van der Waals surface area contributed by atoms with Crippen LogP contribution in [0.5, 0.6) is 0 Å². The third kappa shape index (κ3) is 2.66. The van der Waals surface area contributed by atoms with Crippen molar-refractivity contribution < 1.29 is 4.79 Å². The molecule has 3 nitrogen and oxygen atoms in total. The summed E-state index contributed by atoms with van der Waals surface area (Å²) in [6.45, 7) is 4.18. The molecule has 1 aromatic rings. The first kappa shape index (κ1) is 12.3. The number of carbonyl (C=O) groups is 1. The summed E-state index contributed by atoms with van der Waals surface area (Å²) in [5, 5.41) is 5.51. The van der Waals surface area contributed by atoms with Crippen molar-refractivity contribution in [1.82, 2.24) is 10.2 Å². The van der Waals surface area contributed by atoms with Crippen LogP contribution in [0.15, 0.2) is 11.4 Å². The molecule has 1 saturated heterocycles. The molecule has 0 radical (unpaired) electrons. The smallest absolute Gasteiger partial charge is 0.151 e. The predicted octanol–water partition coefficient (Wildman–Crippen LogP) is 1.82. The van der Waals surface area contributed by atoms with Gasteiger partial charge in [-0.05, 0) is 49.4 Å². The number of Topliss-reactive ketones (excluding diaryl/α,β-unsaturated/α-hetero) is 1. The van der Waals surface area contributed by atoms with Crippen molar-refractivity contribution in [1.29, 1.82) is 0 Å². The highest BCUT2D eigenvalue weighted by molar-refractivity contribution is 7.10. The third-order valence-electron chi connectivity index (χ3n) is 4.03. The van der Waals surface area contributed by atoms with E-state index in [9.17, 15) is 4.79 Å². The van der Waals surface area contributed by atoms with E-state index in [2.05, 4.69) is 21.7 Å². The van der Waals surface area contributed by atoms with Crippen LogP contribution in [0.1, 0.15) is 29.7 Å². The maximum atomic E-state index is 12.2. The number of likely N-dealkylation sites (tertiary alicyclic amines) is 1. The Bertz CT molecular complexity index is 423. The van der Waals surface area contributed by atoms with Gasteiger partial charge < -0.3 is 10.2 Å². The first-order chi connectivity index (χ1) is 8.83. The van der Waals surface area contributed by atoms with Crippen LogP contribution in [-0.4, -0.2) is 36.4 Å². The Morgan fingerprint density at radius 3 is 3.11 bits per heavy atom. The Hall–Kier alpha value is -0.710. The largest absolute Gasteiger partial charge is 0.303 e. The zero-order valence-electron chi connectivity index (χ0n) is 10.7. The van der Waals surface area contributed by atoms with Crippen molar-refractivity contribution in [2.24, 2.45) is 0 Å². The summed E-state index contributed by atoms with van der Waals surface area (Å²) in [5.74, 6) is 0.388. The molecule has 0 aromatic carbocycles. The van der Waals surface area contributed by atoms with Gasteiger partial charge in [-0.2, -0.15) is 0 Å². The Labute approximate surface area is 112 Å². The van der Waals surface area contributed by atoms with E-state index in [0.29, 0.717) is 12.2 Å². The lowest BCUT2D eigenvalue weighted by Gasteiger charge is -2.23. The molecule has 2 aliphatic heterocycles. The first-order valence-electron chi connectivity index (χ1n) is 6.86. The zero-order chi connectivity index (χ0) is 12.4. The number of carbonyl (C=O) groups excluding carboxylic acids is 1. The molecule has 1 unspecified atom stereocenters. The average molecular weight is 264 g/mol. The molecule has 1 aromatic heterocycles. The Morgan fingerprint density at radius 2 is 2.28 bits per heavy atom. The van der Waals surface area contributed by atoms with E-state index in [4.69, 9.17) is 0 Å². The second-order valence-corrected chi connectivity index (χ2v) is 6.27. The normalized spacial score (nSPS) is 24.1. The summed E-state index contributed by atoms with van der Waals surface area (Å²) in [7, 11) is 0. The average Bonchev–Trinajstić information content (AvgIpc) is 3.05. The van der Waals surface area contributed by atoms with Crippen LogP contribution in [0.2, 0.25) is 0 Å². The topological polar surface area (TPSA) is 32.3 Å². The maximum absolute atomic E-state index is 12.2. The minimum Gasteiger partial charge on any atom is -0.303 e. The lowest BCUT2D eigenvalue weighted by molar-refractivity contribution is -0.121. The Kier molecular flexibility index (Phi) is 3.77. The molecule has 0 saturated carbocycles. The van der Waals surface area contributed by atoms with Crippen LogP contribution in [0.25, 0.3) is 0 Å². The fraction of sp³-hybridized carbons (Fsp3) is 0.643. The van der Waals surface area contributed by atoms with Gasteiger partial charge in [-0.15, -0.1) is 11.3 Å². The van der Waals surface area contributed by atoms with E-state index in [-0.39, 0.29) is 6.04 Å². The summed E-state index contributed by atoms with van der Waals surface area (Å²) < 4.78 is 0. The van der Waals surface area contributed by atoms with Gasteiger partial charge in [-0.1, -0.05) is 0 Å². The molecule has 98 valence electrons. The predicted molar refractivity (Wildman–Crippen MR) is 73.9 cm³/mol. The minimum absolute atomic E-state index is 0.0507. The first-order valence-corrected chi connectivity index (χ1v) is 7.74. The van der Waals surface area contributed by atoms with Gasteiger partial charge in [0, 0.05) is 24.4 Å². The summed E-state index contributed by atoms with van der Waals surface area (Å²) in [6, 6.07) is 2.22. The lowest BCUT2D eigenvalue weighted by Crippen LogP contribution is -2.42. The fourth-order valence-electron chi connectivity index (χ4n) is 2.89. The van der Waals surface area contributed by atoms with Crippen molar-refractivity contribution in [3.63, 3.8) is 0 Å². The number of nitrogens with zero attached hydrogens (tertiary/aromatic N) is 1. The van der Waals surface area contributed by atoms with Crippen LogP contribution in [0.3, 0.4) is 0 Å². The molecule has 1 fully saturated rings. The van der Waals surface area contributed by atoms with Crippen molar-refractivity contribution in [2.75, 3.05) is 19.6 Å². The number of ketones is 1. The zero-order valence-corrected chi connectivity index (χ0v) is 11.5. The highest BCUT2D eigenvalue weighted by atomic mass is 32.1. The number of fused-ring (bicyclic) bond motifs is 1. The molecule has 3 rings (SSSR count). The number of rotatable bonds is 4. The van der Waals surface area contributed by atoms with Crippen LogP contribution in [0.4, 0.5) is 0 Å². The summed E-state index contributed by atoms with van der Waals surface area (Å²) in [6.07, 6.45) is 4.19. The SMILES string of the molecule is O=C(CCN1CCCC1)C1Cc2ccsc2CN1. The molecule has 0 spiro atoms. The standard InChI is InChI=1S/C14H20N2OS/c17-13(3-7-16-5-1-2-6-16)12-9-11-4-8-18-14(11)10-15-12/h4,8,12,15H,1-3,5-7,9-10H2. The van der Waals surface area contributed by atoms with Gasteiger partial charge in [-0.3, -0.25) is 4.79 Å². The third-order valence-corrected chi connectivity index (χ3v) is 5.00. The van der Waals surface area contributed by atoms with Crippen molar-refractivity contribution in [3.8, 4) is 0 Å². The molecule has 2 aliphatic rings. The second kappa shape index (κ2) is 5.51. The van der Waals surface area contributed by atoms with Crippen molar-refractivity contribution in [2.45, 2.75) is 38.3 Å². The molecule has 0 aliphatic carbocycles. The van der Waals surface area contributed by atoms with Crippen LogP contribution < -0.4 is 5.32 Å². The number of hydrogen-bond donors (Lipinski definition) is 1. The highest BCUT2D eigenvalue weighted by Crippen LogP contribution is 2.23. The monoisotopic (exact) mass is 264 g/mol. The van der Waals surface area contributed by atoms with E-state index in [1.165, 1.54) is 36.4 Å². The van der Waals surface area contributed by atoms with Crippen LogP contribution in [0, 0.1) is 0 Å². The summed E-state index contributed by atoms with van der Waals surface area (Å²) in [4.78, 5) is 16.0. The fourth-order valence-corrected chi connectivity index (χ4v) is 3.75. The van der Waals surface area contributed by atoms with Gasteiger partial charge in [-0.25, -0.2) is 0 Å². The Morgan fingerprint density at radius 1 is 1.44 bits per heavy atom. The second-order valence-electron chi connectivity index (χ2n) is 5.27. The molecule has 0 bridgehead atoms. The number of hydrogen-bond acceptors (Lipinski definition) is 4. The lowest BCUT2D eigenvalue weighted by atomic mass is 9.97. The molecule has 1 N–H and O–H groups in total. The van der Waals surface area contributed by atoms with Crippen LogP contribution >= 0.6 is 11.3 Å². The maximum Gasteiger partial charge on any atom is 0.151 e. The van der Waals surface area contributed by atoms with Gasteiger partial charge in [0.15, 0.2) is 5.78 Å². The highest BCUT2D eigenvalue weighted by Gasteiger charge is 2.25. The van der Waals surface area contributed by atoms with Crippen LogP contribution in [-0.2, 0) is 17.8 Å². The summed E-state index contributed by atoms with van der Waals surface area (Å²) in [5.41, 5.74) is 1.37. The Balaban J connectivity index is 1.51. The minimum atomic E-state index is 0.0507. The number of nitrogens with one attached hydrogen (secondary N) is 1. The van der Waals surface area contributed by atoms with Gasteiger partial charge in [0.1, 0.15) is 0 Å².